The van der Waals surface area contributed by atoms with Gasteiger partial charge < -0.3 is 30.3 Å². The predicted molar refractivity (Wildman–Crippen MR) is 167 cm³/mol. The Balaban J connectivity index is 1.32. The molecule has 3 aromatic rings. The molecule has 0 radical (unpaired) electrons. The first-order chi connectivity index (χ1) is 23.3. The number of phenols is 3. The number of carboxylic acids is 2. The van der Waals surface area contributed by atoms with Gasteiger partial charge in [-0.05, 0) is 60.7 Å². The smallest absolute Gasteiger partial charge is 0.339 e. The number of fused-ring (bicyclic) bond motifs is 4. The molecule has 2 aliphatic heterocycles. The van der Waals surface area contributed by atoms with Crippen molar-refractivity contribution in [3.63, 3.8) is 0 Å². The first-order valence-electron chi connectivity index (χ1n) is 15.3. The lowest BCUT2D eigenvalue weighted by Crippen LogP contribution is -2.43. The van der Waals surface area contributed by atoms with E-state index in [1.54, 1.807) is 12.1 Å². The summed E-state index contributed by atoms with van der Waals surface area (Å²) in [6.45, 7) is 0. The van der Waals surface area contributed by atoms with Crippen molar-refractivity contribution in [2.45, 2.75) is 18.8 Å². The molecule has 49 heavy (non-hydrogen) atoms. The number of phenolic OH excluding ortho intramolecular Hbond substituents is 1. The largest absolute Gasteiger partial charge is 0.507 e. The number of carbonyl (C=O) groups is 6. The summed E-state index contributed by atoms with van der Waals surface area (Å²) in [5.74, 6) is -11.9. The highest BCUT2D eigenvalue weighted by Gasteiger charge is 2.62. The summed E-state index contributed by atoms with van der Waals surface area (Å²) in [5, 5.41) is 50.1. The molecule has 0 bridgehead atoms. The quantitative estimate of drug-likeness (QED) is 0.189. The zero-order valence-electron chi connectivity index (χ0n) is 25.6. The maximum atomic E-state index is 14.2. The highest BCUT2D eigenvalue weighted by atomic mass is 16.5. The van der Waals surface area contributed by atoms with Crippen LogP contribution in [-0.4, -0.2) is 68.2 Å². The van der Waals surface area contributed by atoms with E-state index in [-0.39, 0.29) is 35.7 Å². The van der Waals surface area contributed by atoms with Crippen LogP contribution in [0.1, 0.15) is 45.0 Å². The molecule has 250 valence electrons. The molecule has 2 saturated heterocycles. The van der Waals surface area contributed by atoms with Gasteiger partial charge in [-0.25, -0.2) is 19.4 Å². The van der Waals surface area contributed by atoms with Crippen molar-refractivity contribution in [1.82, 2.24) is 0 Å². The Morgan fingerprint density at radius 2 is 1.22 bits per heavy atom. The number of benzene rings is 3. The number of methoxy groups -OCH3 is 1. The van der Waals surface area contributed by atoms with Crippen molar-refractivity contribution >= 4 is 46.9 Å². The number of rotatable bonds is 6. The highest BCUT2D eigenvalue weighted by Crippen LogP contribution is 2.59. The molecule has 0 aromatic heterocycles. The van der Waals surface area contributed by atoms with Crippen molar-refractivity contribution in [3.05, 3.63) is 82.9 Å². The van der Waals surface area contributed by atoms with Gasteiger partial charge in [0.25, 0.3) is 0 Å². The fourth-order valence-corrected chi connectivity index (χ4v) is 8.05. The molecule has 4 aliphatic rings. The summed E-state index contributed by atoms with van der Waals surface area (Å²) < 4.78 is 5.20. The van der Waals surface area contributed by atoms with Crippen molar-refractivity contribution < 1.29 is 59.0 Å². The molecule has 0 spiro atoms. The fraction of sp³-hybridized carbons (Fsp3) is 0.257. The van der Waals surface area contributed by atoms with Crippen LogP contribution in [0.15, 0.2) is 66.2 Å². The molecule has 2 heterocycles. The lowest BCUT2D eigenvalue weighted by molar-refractivity contribution is -0.126. The van der Waals surface area contributed by atoms with Gasteiger partial charge in [-0.1, -0.05) is 17.7 Å². The van der Waals surface area contributed by atoms with Crippen LogP contribution in [0, 0.1) is 29.6 Å². The number of nitrogens with zero attached hydrogens (tertiary/aromatic N) is 2. The van der Waals surface area contributed by atoms with Crippen LogP contribution in [0.25, 0.3) is 0 Å². The van der Waals surface area contributed by atoms with E-state index in [0.29, 0.717) is 11.1 Å². The molecule has 14 nitrogen and oxygen atoms in total. The van der Waals surface area contributed by atoms with E-state index in [1.165, 1.54) is 31.4 Å². The van der Waals surface area contributed by atoms with Gasteiger partial charge in [0.1, 0.15) is 22.6 Å². The van der Waals surface area contributed by atoms with E-state index in [2.05, 4.69) is 0 Å². The molecule has 3 fully saturated rings. The van der Waals surface area contributed by atoms with Crippen LogP contribution in [0.2, 0.25) is 0 Å². The Morgan fingerprint density at radius 3 is 1.73 bits per heavy atom. The molecule has 0 unspecified atom stereocenters. The van der Waals surface area contributed by atoms with Crippen LogP contribution in [0.5, 0.6) is 23.0 Å². The van der Waals surface area contributed by atoms with Crippen molar-refractivity contribution in [1.29, 1.82) is 0 Å². The molecule has 5 N–H and O–H groups in total. The third kappa shape index (κ3) is 4.62. The van der Waals surface area contributed by atoms with Gasteiger partial charge in [-0.15, -0.1) is 0 Å². The van der Waals surface area contributed by atoms with Crippen LogP contribution in [0.4, 0.5) is 11.4 Å². The summed E-state index contributed by atoms with van der Waals surface area (Å²) >= 11 is 0. The lowest BCUT2D eigenvalue weighted by atomic mass is 9.57. The zero-order chi connectivity index (χ0) is 35.0. The first kappa shape index (κ1) is 31.4. The van der Waals surface area contributed by atoms with E-state index in [1.807, 2.05) is 0 Å². The number of imide groups is 2. The minimum Gasteiger partial charge on any atom is -0.507 e. The molecule has 7 rings (SSSR count). The Bertz CT molecular complexity index is 2050. The molecule has 1 saturated carbocycles. The third-order valence-electron chi connectivity index (χ3n) is 10.2. The summed E-state index contributed by atoms with van der Waals surface area (Å²) in [4.78, 5) is 81.0. The Hall–Kier alpha value is -6.18. The maximum Gasteiger partial charge on any atom is 0.339 e. The second kappa shape index (κ2) is 11.2. The molecule has 2 aliphatic carbocycles. The monoisotopic (exact) mass is 668 g/mol. The molecule has 6 atom stereocenters. The average Bonchev–Trinajstić information content (AvgIpc) is 3.46. The summed E-state index contributed by atoms with van der Waals surface area (Å²) in [5.41, 5.74) is 0.202. The number of carbonyl (C=O) groups excluding carboxylic acids is 4. The maximum absolute atomic E-state index is 14.2. The molecular formula is C35H28N2O12. The number of carboxylic acid groups (broad SMARTS) is 2. The van der Waals surface area contributed by atoms with Crippen LogP contribution < -0.4 is 14.5 Å². The van der Waals surface area contributed by atoms with Gasteiger partial charge in [0.2, 0.25) is 23.6 Å². The number of ether oxygens (including phenoxy) is 1. The first-order valence-corrected chi connectivity index (χ1v) is 15.3. The Morgan fingerprint density at radius 1 is 0.673 bits per heavy atom. The predicted octanol–water partition coefficient (Wildman–Crippen LogP) is 3.25. The van der Waals surface area contributed by atoms with Crippen molar-refractivity contribution in [3.8, 4) is 23.0 Å². The van der Waals surface area contributed by atoms with E-state index < -0.39 is 93.7 Å². The molecule has 3 aromatic carbocycles. The number of aromatic hydroxyl groups is 3. The minimum absolute atomic E-state index is 0.00658. The third-order valence-corrected chi connectivity index (χ3v) is 10.2. The van der Waals surface area contributed by atoms with E-state index in [0.717, 1.165) is 34.1 Å². The summed E-state index contributed by atoms with van der Waals surface area (Å²) in [6, 6.07) is 11.3. The van der Waals surface area contributed by atoms with Gasteiger partial charge in [0.05, 0.1) is 42.2 Å². The van der Waals surface area contributed by atoms with Gasteiger partial charge in [0, 0.05) is 18.1 Å². The van der Waals surface area contributed by atoms with Crippen LogP contribution in [-0.2, 0) is 19.2 Å². The van der Waals surface area contributed by atoms with Crippen molar-refractivity contribution in [2.24, 2.45) is 29.6 Å². The number of aromatic carboxylic acids is 2. The van der Waals surface area contributed by atoms with E-state index in [9.17, 15) is 54.3 Å². The number of hydrogen-bond donors (Lipinski definition) is 5. The van der Waals surface area contributed by atoms with E-state index in [4.69, 9.17) is 4.74 Å². The number of anilines is 2. The standard InChI is InChI=1S/C35H28N2O12/c1-49-26-9-2-14(10-25(26)40)27-17-7-8-20-28(32(43)36(30(20)41)15-3-5-18(34(45)46)23(38)11-15)21(17)13-22-29(27)33(44)37(31(22)42)16-4-6-19(35(47)48)24(39)12-16/h2-7,9-12,20-22,27-29,38-40H,8,13H2,1H3,(H,45,46)(H,47,48)/t20-,21+,22+,27-,28-,29+/m0/s1. The van der Waals surface area contributed by atoms with Crippen LogP contribution in [0.3, 0.4) is 0 Å². The number of amides is 4. The normalized spacial score (nSPS) is 25.9. The molecule has 14 heteroatoms. The Labute approximate surface area is 277 Å². The second-order valence-electron chi connectivity index (χ2n) is 12.5. The zero-order valence-corrected chi connectivity index (χ0v) is 25.6. The number of allylic oxidation sites excluding steroid dienone is 2. The van der Waals surface area contributed by atoms with Gasteiger partial charge in [-0.2, -0.15) is 0 Å². The summed E-state index contributed by atoms with van der Waals surface area (Å²) in [7, 11) is 1.37. The minimum atomic E-state index is -1.40. The van der Waals surface area contributed by atoms with Gasteiger partial charge in [-0.3, -0.25) is 19.2 Å². The average molecular weight is 669 g/mol. The Kier molecular flexibility index (Phi) is 7.19. The number of hydrogen-bond acceptors (Lipinski definition) is 10. The second-order valence-corrected chi connectivity index (χ2v) is 12.5. The lowest BCUT2D eigenvalue weighted by Gasteiger charge is -2.44. The van der Waals surface area contributed by atoms with Gasteiger partial charge >= 0.3 is 11.9 Å². The highest BCUT2D eigenvalue weighted by molar-refractivity contribution is 6.24. The van der Waals surface area contributed by atoms with E-state index >= 15 is 0 Å². The van der Waals surface area contributed by atoms with Gasteiger partial charge in [0.15, 0.2) is 11.5 Å². The fourth-order valence-electron chi connectivity index (χ4n) is 8.05. The van der Waals surface area contributed by atoms with Crippen molar-refractivity contribution in [2.75, 3.05) is 16.9 Å². The molecule has 4 amide bonds. The molecular weight excluding hydrogens is 640 g/mol. The SMILES string of the molecule is COc1ccc([C@H]2C3=CC[C@@H]4C(=O)N(c5ccc(C(=O)O)c(O)c5)C(=O)[C@@H]4[C@@H]3C[C@H]3C(=O)N(c4ccc(C(=O)O)c(O)c4)C(=O)[C@@H]23)cc1O. The summed E-state index contributed by atoms with van der Waals surface area (Å²) in [6.07, 6.45) is 1.91. The topological polar surface area (TPSA) is 219 Å². The van der Waals surface area contributed by atoms with Crippen LogP contribution >= 0.6 is 0 Å².